The van der Waals surface area contributed by atoms with Gasteiger partial charge < -0.3 is 19.1 Å². The third kappa shape index (κ3) is 5.93. The van der Waals surface area contributed by atoms with Gasteiger partial charge in [-0.1, -0.05) is 23.7 Å². The fourth-order valence-electron chi connectivity index (χ4n) is 4.37. The molecule has 9 heteroatoms. The van der Waals surface area contributed by atoms with Crippen LogP contribution in [-0.2, 0) is 11.3 Å². The standard InChI is InChI=1S/C27H33ClN4O4/c1-17-14-31(15-18(2)32(17)26(33)36-27(3,4)5)20-11-22-23(28)12-24(30-25(22)29-13-20)35-16-19-7-9-21(34-6)10-8-19/h7-13,17-18H,14-16H2,1-6H3/t17-,18+. The number of hydrogen-bond acceptors (Lipinski definition) is 7. The zero-order valence-corrected chi connectivity index (χ0v) is 22.4. The predicted molar refractivity (Wildman–Crippen MR) is 141 cm³/mol. The highest BCUT2D eigenvalue weighted by Crippen LogP contribution is 2.31. The fourth-order valence-corrected chi connectivity index (χ4v) is 4.60. The lowest BCUT2D eigenvalue weighted by molar-refractivity contribution is 0.00566. The number of rotatable bonds is 5. The minimum absolute atomic E-state index is 0.0263. The molecule has 1 aromatic carbocycles. The van der Waals surface area contributed by atoms with E-state index in [0.717, 1.165) is 22.4 Å². The van der Waals surface area contributed by atoms with E-state index in [2.05, 4.69) is 14.9 Å². The van der Waals surface area contributed by atoms with Gasteiger partial charge >= 0.3 is 6.09 Å². The lowest BCUT2D eigenvalue weighted by atomic mass is 10.1. The van der Waals surface area contributed by atoms with Crippen LogP contribution in [0, 0.1) is 0 Å². The average Bonchev–Trinajstić information content (AvgIpc) is 2.81. The van der Waals surface area contributed by atoms with Gasteiger partial charge in [-0.05, 0) is 58.4 Å². The second kappa shape index (κ2) is 10.4. The van der Waals surface area contributed by atoms with E-state index in [1.807, 2.05) is 69.9 Å². The van der Waals surface area contributed by atoms with Gasteiger partial charge in [0.1, 0.15) is 18.0 Å². The number of anilines is 1. The maximum atomic E-state index is 12.7. The summed E-state index contributed by atoms with van der Waals surface area (Å²) in [5.41, 5.74) is 1.91. The van der Waals surface area contributed by atoms with Crippen LogP contribution in [0.5, 0.6) is 11.6 Å². The molecule has 0 radical (unpaired) electrons. The molecule has 0 N–H and O–H groups in total. The third-order valence-corrected chi connectivity index (χ3v) is 6.32. The highest BCUT2D eigenvalue weighted by molar-refractivity contribution is 6.35. The summed E-state index contributed by atoms with van der Waals surface area (Å²) in [5.74, 6) is 1.21. The van der Waals surface area contributed by atoms with Crippen molar-refractivity contribution < 1.29 is 19.0 Å². The number of fused-ring (bicyclic) bond motifs is 1. The molecule has 3 heterocycles. The van der Waals surface area contributed by atoms with Gasteiger partial charge in [0, 0.05) is 24.5 Å². The number of aromatic nitrogens is 2. The second-order valence-electron chi connectivity index (χ2n) is 10.1. The lowest BCUT2D eigenvalue weighted by Crippen LogP contribution is -2.59. The van der Waals surface area contributed by atoms with Crippen molar-refractivity contribution in [2.45, 2.75) is 58.9 Å². The molecule has 0 aliphatic carbocycles. The molecule has 4 rings (SSSR count). The van der Waals surface area contributed by atoms with E-state index in [-0.39, 0.29) is 18.2 Å². The van der Waals surface area contributed by atoms with Gasteiger partial charge in [0.05, 0.1) is 36.1 Å². The quantitative estimate of drug-likeness (QED) is 0.433. The van der Waals surface area contributed by atoms with E-state index in [9.17, 15) is 4.79 Å². The van der Waals surface area contributed by atoms with E-state index in [1.54, 1.807) is 19.4 Å². The number of methoxy groups -OCH3 is 1. The van der Waals surface area contributed by atoms with Crippen LogP contribution in [0.15, 0.2) is 42.6 Å². The molecule has 0 bridgehead atoms. The Kier molecular flexibility index (Phi) is 7.45. The van der Waals surface area contributed by atoms with Gasteiger partial charge in [0.25, 0.3) is 0 Å². The number of benzene rings is 1. The summed E-state index contributed by atoms with van der Waals surface area (Å²) in [6.07, 6.45) is 1.51. The second-order valence-corrected chi connectivity index (χ2v) is 10.5. The Bertz CT molecular complexity index is 1220. The van der Waals surface area contributed by atoms with Gasteiger partial charge in [0.15, 0.2) is 5.65 Å². The Morgan fingerprint density at radius 3 is 2.39 bits per heavy atom. The van der Waals surface area contributed by atoms with Crippen molar-refractivity contribution in [2.24, 2.45) is 0 Å². The Morgan fingerprint density at radius 1 is 1.11 bits per heavy atom. The van der Waals surface area contributed by atoms with Crippen molar-refractivity contribution >= 4 is 34.4 Å². The first-order chi connectivity index (χ1) is 17.0. The summed E-state index contributed by atoms with van der Waals surface area (Å²) >= 11 is 6.61. The number of hydrogen-bond donors (Lipinski definition) is 0. The van der Waals surface area contributed by atoms with E-state index in [1.165, 1.54) is 0 Å². The van der Waals surface area contributed by atoms with E-state index in [4.69, 9.17) is 25.8 Å². The molecule has 0 unspecified atom stereocenters. The zero-order chi connectivity index (χ0) is 26.0. The Morgan fingerprint density at radius 2 is 1.78 bits per heavy atom. The molecule has 3 aromatic rings. The van der Waals surface area contributed by atoms with Gasteiger partial charge in [0.2, 0.25) is 5.88 Å². The van der Waals surface area contributed by atoms with Crippen LogP contribution in [0.1, 0.15) is 40.2 Å². The fraction of sp³-hybridized carbons (Fsp3) is 0.444. The molecule has 2 aromatic heterocycles. The van der Waals surface area contributed by atoms with E-state index in [0.29, 0.717) is 36.2 Å². The number of nitrogens with zero attached hydrogens (tertiary/aromatic N) is 4. The third-order valence-electron chi connectivity index (χ3n) is 6.01. The summed E-state index contributed by atoms with van der Waals surface area (Å²) < 4.78 is 16.7. The number of piperazine rings is 1. The SMILES string of the molecule is COc1ccc(COc2cc(Cl)c3cc(N4C[C@@H](C)N(C(=O)OC(C)(C)C)[C@@H](C)C4)cnc3n2)cc1. The summed E-state index contributed by atoms with van der Waals surface area (Å²) in [4.78, 5) is 25.9. The Labute approximate surface area is 217 Å². The summed E-state index contributed by atoms with van der Waals surface area (Å²) in [6.45, 7) is 11.4. The van der Waals surface area contributed by atoms with Crippen molar-refractivity contribution in [3.05, 3.63) is 53.2 Å². The first-order valence-electron chi connectivity index (χ1n) is 12.0. The number of amides is 1. The van der Waals surface area contributed by atoms with Gasteiger partial charge in [-0.3, -0.25) is 4.90 Å². The zero-order valence-electron chi connectivity index (χ0n) is 21.6. The maximum absolute atomic E-state index is 12.7. The van der Waals surface area contributed by atoms with E-state index < -0.39 is 5.60 Å². The summed E-state index contributed by atoms with van der Waals surface area (Å²) in [5, 5.41) is 1.27. The molecule has 1 amide bonds. The van der Waals surface area contributed by atoms with Gasteiger partial charge in [-0.25, -0.2) is 9.78 Å². The molecule has 1 aliphatic heterocycles. The van der Waals surface area contributed by atoms with Crippen LogP contribution < -0.4 is 14.4 Å². The van der Waals surface area contributed by atoms with Crippen LogP contribution in [-0.4, -0.2) is 58.8 Å². The normalized spacial score (nSPS) is 18.3. The van der Waals surface area contributed by atoms with Crippen LogP contribution in [0.3, 0.4) is 0 Å². The minimum Gasteiger partial charge on any atom is -0.497 e. The number of carbonyl (C=O) groups excluding carboxylic acids is 1. The van der Waals surface area contributed by atoms with Gasteiger partial charge in [-0.15, -0.1) is 0 Å². The number of carbonyl (C=O) groups is 1. The predicted octanol–water partition coefficient (Wildman–Crippen LogP) is 5.70. The molecular weight excluding hydrogens is 480 g/mol. The lowest BCUT2D eigenvalue weighted by Gasteiger charge is -2.45. The topological polar surface area (TPSA) is 77.0 Å². The molecule has 0 saturated carbocycles. The Balaban J connectivity index is 1.47. The van der Waals surface area contributed by atoms with Crippen molar-refractivity contribution in [1.29, 1.82) is 0 Å². The monoisotopic (exact) mass is 512 g/mol. The maximum Gasteiger partial charge on any atom is 0.410 e. The van der Waals surface area contributed by atoms with Crippen molar-refractivity contribution in [3.8, 4) is 11.6 Å². The van der Waals surface area contributed by atoms with Crippen LogP contribution in [0.4, 0.5) is 10.5 Å². The summed E-state index contributed by atoms with van der Waals surface area (Å²) in [7, 11) is 1.63. The van der Waals surface area contributed by atoms with Gasteiger partial charge in [-0.2, -0.15) is 4.98 Å². The number of pyridine rings is 2. The molecule has 192 valence electrons. The molecule has 8 nitrogen and oxygen atoms in total. The largest absolute Gasteiger partial charge is 0.497 e. The van der Waals surface area contributed by atoms with Crippen LogP contribution in [0.2, 0.25) is 5.02 Å². The van der Waals surface area contributed by atoms with E-state index >= 15 is 0 Å². The number of halogens is 1. The van der Waals surface area contributed by atoms with Crippen LogP contribution >= 0.6 is 11.6 Å². The molecule has 1 aliphatic rings. The molecule has 1 fully saturated rings. The molecular formula is C27H33ClN4O4. The Hall–Kier alpha value is -3.26. The first kappa shape index (κ1) is 25.8. The van der Waals surface area contributed by atoms with Crippen molar-refractivity contribution in [3.63, 3.8) is 0 Å². The molecule has 0 spiro atoms. The molecule has 36 heavy (non-hydrogen) atoms. The minimum atomic E-state index is -0.531. The summed E-state index contributed by atoms with van der Waals surface area (Å²) in [6, 6.07) is 11.3. The first-order valence-corrected chi connectivity index (χ1v) is 12.4. The smallest absolute Gasteiger partial charge is 0.410 e. The van der Waals surface area contributed by atoms with Crippen molar-refractivity contribution in [2.75, 3.05) is 25.1 Å². The average molecular weight is 513 g/mol. The highest BCUT2D eigenvalue weighted by atomic mass is 35.5. The molecule has 2 atom stereocenters. The highest BCUT2D eigenvalue weighted by Gasteiger charge is 2.35. The molecule has 1 saturated heterocycles. The number of ether oxygens (including phenoxy) is 3. The van der Waals surface area contributed by atoms with Crippen LogP contribution in [0.25, 0.3) is 11.0 Å². The van der Waals surface area contributed by atoms with Crippen molar-refractivity contribution in [1.82, 2.24) is 14.9 Å².